The Labute approximate surface area is 172 Å². The van der Waals surface area contributed by atoms with E-state index in [1.807, 2.05) is 6.07 Å². The van der Waals surface area contributed by atoms with Crippen LogP contribution < -0.4 is 0 Å². The number of aromatic nitrogens is 1. The second-order valence-corrected chi connectivity index (χ2v) is 7.76. The molecule has 0 aliphatic carbocycles. The molecular weight excluding hydrogens is 366 g/mol. The lowest BCUT2D eigenvalue weighted by molar-refractivity contribution is 0.673. The Kier molecular flexibility index (Phi) is 3.03. The fourth-order valence-corrected chi connectivity index (χ4v) is 4.97. The van der Waals surface area contributed by atoms with E-state index in [0.717, 1.165) is 16.9 Å². The molecule has 0 atom stereocenters. The Morgan fingerprint density at radius 3 is 1.97 bits per heavy atom. The smallest absolute Gasteiger partial charge is 0.146 e. The lowest BCUT2D eigenvalue weighted by atomic mass is 9.99. The largest absolute Gasteiger partial charge is 0.455 e. The molecule has 0 amide bonds. The van der Waals surface area contributed by atoms with Gasteiger partial charge in [-0.2, -0.15) is 0 Å². The van der Waals surface area contributed by atoms with Crippen molar-refractivity contribution in [1.82, 2.24) is 4.57 Å². The van der Waals surface area contributed by atoms with Crippen molar-refractivity contribution in [3.05, 3.63) is 103 Å². The van der Waals surface area contributed by atoms with Gasteiger partial charge in [0.05, 0.1) is 16.4 Å². The summed E-state index contributed by atoms with van der Waals surface area (Å²) in [6.07, 6.45) is 0. The summed E-state index contributed by atoms with van der Waals surface area (Å²) in [6.45, 7) is 0. The van der Waals surface area contributed by atoms with Gasteiger partial charge < -0.3 is 8.98 Å². The summed E-state index contributed by atoms with van der Waals surface area (Å²) in [6, 6.07) is 36.3. The zero-order valence-corrected chi connectivity index (χ0v) is 16.2. The Morgan fingerprint density at radius 2 is 1.13 bits per heavy atom. The molecule has 2 nitrogen and oxygen atoms in total. The van der Waals surface area contributed by atoms with Crippen molar-refractivity contribution < 1.29 is 4.42 Å². The maximum atomic E-state index is 6.52. The fourth-order valence-electron chi connectivity index (χ4n) is 4.97. The second kappa shape index (κ2) is 5.74. The van der Waals surface area contributed by atoms with Crippen molar-refractivity contribution >= 4 is 54.5 Å². The molecule has 2 heteroatoms. The molecule has 5 aromatic carbocycles. The van der Waals surface area contributed by atoms with Crippen LogP contribution in [0.25, 0.3) is 60.2 Å². The molecule has 2 heterocycles. The summed E-state index contributed by atoms with van der Waals surface area (Å²) in [5.74, 6) is 0. The summed E-state index contributed by atoms with van der Waals surface area (Å²) >= 11 is 0. The number of hydrogen-bond donors (Lipinski definition) is 0. The maximum Gasteiger partial charge on any atom is 0.146 e. The molecule has 0 spiro atoms. The summed E-state index contributed by atoms with van der Waals surface area (Å²) in [5, 5.41) is 7.23. The highest BCUT2D eigenvalue weighted by Crippen LogP contribution is 2.45. The topological polar surface area (TPSA) is 18.1 Å². The van der Waals surface area contributed by atoms with Crippen LogP contribution in [0.3, 0.4) is 0 Å². The number of furan rings is 1. The van der Waals surface area contributed by atoms with Gasteiger partial charge in [-0.1, -0.05) is 78.9 Å². The molecule has 0 radical (unpaired) electrons. The first kappa shape index (κ1) is 15.8. The van der Waals surface area contributed by atoms with Gasteiger partial charge in [-0.15, -0.1) is 0 Å². The van der Waals surface area contributed by atoms with Crippen LogP contribution in [0.4, 0.5) is 0 Å². The zero-order valence-electron chi connectivity index (χ0n) is 16.2. The molecule has 7 rings (SSSR count). The Morgan fingerprint density at radius 1 is 0.500 bits per heavy atom. The summed E-state index contributed by atoms with van der Waals surface area (Å²) < 4.78 is 8.89. The van der Waals surface area contributed by atoms with E-state index < -0.39 is 0 Å². The van der Waals surface area contributed by atoms with Gasteiger partial charge in [0.2, 0.25) is 0 Å². The van der Waals surface area contributed by atoms with E-state index in [4.69, 9.17) is 4.42 Å². The lowest BCUT2D eigenvalue weighted by Gasteiger charge is -2.10. The molecule has 0 bridgehead atoms. The molecule has 0 saturated carbocycles. The third kappa shape index (κ3) is 1.93. The monoisotopic (exact) mass is 383 g/mol. The minimum Gasteiger partial charge on any atom is -0.455 e. The first-order chi connectivity index (χ1) is 14.9. The van der Waals surface area contributed by atoms with Crippen LogP contribution in [0.2, 0.25) is 0 Å². The first-order valence-electron chi connectivity index (χ1n) is 10.2. The molecule has 0 N–H and O–H groups in total. The molecule has 0 unspecified atom stereocenters. The van der Waals surface area contributed by atoms with E-state index in [2.05, 4.69) is 102 Å². The summed E-state index contributed by atoms with van der Waals surface area (Å²) in [5.41, 5.74) is 5.45. The Bertz CT molecular complexity index is 1740. The van der Waals surface area contributed by atoms with Crippen LogP contribution in [0.15, 0.2) is 108 Å². The van der Waals surface area contributed by atoms with Crippen molar-refractivity contribution in [3.8, 4) is 5.69 Å². The van der Waals surface area contributed by atoms with Gasteiger partial charge in [-0.3, -0.25) is 0 Å². The average molecular weight is 383 g/mol. The second-order valence-electron chi connectivity index (χ2n) is 7.76. The first-order valence-corrected chi connectivity index (χ1v) is 10.2. The highest BCUT2D eigenvalue weighted by molar-refractivity contribution is 6.35. The van der Waals surface area contributed by atoms with Gasteiger partial charge in [0.25, 0.3) is 0 Å². The van der Waals surface area contributed by atoms with Gasteiger partial charge in [0.1, 0.15) is 11.2 Å². The van der Waals surface area contributed by atoms with E-state index in [9.17, 15) is 0 Å². The minimum atomic E-state index is 0.932. The molecule has 2 aromatic heterocycles. The summed E-state index contributed by atoms with van der Waals surface area (Å²) in [4.78, 5) is 0. The van der Waals surface area contributed by atoms with Crippen LogP contribution in [-0.4, -0.2) is 4.57 Å². The molecule has 140 valence electrons. The van der Waals surface area contributed by atoms with Crippen LogP contribution in [0.1, 0.15) is 0 Å². The highest BCUT2D eigenvalue weighted by Gasteiger charge is 2.22. The van der Waals surface area contributed by atoms with Gasteiger partial charge >= 0.3 is 0 Å². The number of rotatable bonds is 1. The molecule has 0 aliphatic rings. The standard InChI is InChI=1S/C28H17NO/c1-2-10-18(11-3-1)29-23-16-8-6-14-21(23)26-27(29)20-13-5-4-12-19(20)25-22-15-7-9-17-24(22)30-28(25)26/h1-17H. The number of hydrogen-bond acceptors (Lipinski definition) is 1. The lowest BCUT2D eigenvalue weighted by Crippen LogP contribution is -1.94. The van der Waals surface area contributed by atoms with Crippen molar-refractivity contribution in [2.24, 2.45) is 0 Å². The highest BCUT2D eigenvalue weighted by atomic mass is 16.3. The third-order valence-electron chi connectivity index (χ3n) is 6.16. The SMILES string of the molecule is c1ccc(-n2c3ccccc3c3c4oc5ccccc5c4c4ccccc4c32)cc1. The quantitative estimate of drug-likeness (QED) is 0.282. The van der Waals surface area contributed by atoms with E-state index >= 15 is 0 Å². The van der Waals surface area contributed by atoms with Crippen LogP contribution in [0.5, 0.6) is 0 Å². The Hall–Kier alpha value is -4.04. The van der Waals surface area contributed by atoms with Crippen molar-refractivity contribution in [3.63, 3.8) is 0 Å². The van der Waals surface area contributed by atoms with Gasteiger partial charge in [-0.25, -0.2) is 0 Å². The molecular formula is C28H17NO. The number of benzene rings is 5. The predicted molar refractivity (Wildman–Crippen MR) is 126 cm³/mol. The van der Waals surface area contributed by atoms with Gasteiger partial charge in [0, 0.05) is 27.2 Å². The molecule has 0 fully saturated rings. The van der Waals surface area contributed by atoms with Gasteiger partial charge in [0.15, 0.2) is 0 Å². The average Bonchev–Trinajstić information content (AvgIpc) is 3.36. The zero-order chi connectivity index (χ0) is 19.7. The third-order valence-corrected chi connectivity index (χ3v) is 6.16. The minimum absolute atomic E-state index is 0.932. The molecule has 30 heavy (non-hydrogen) atoms. The molecule has 0 aliphatic heterocycles. The number of nitrogens with zero attached hydrogens (tertiary/aromatic N) is 1. The summed E-state index contributed by atoms with van der Waals surface area (Å²) in [7, 11) is 0. The fraction of sp³-hybridized carbons (Fsp3) is 0. The number of fused-ring (bicyclic) bond motifs is 10. The number of para-hydroxylation sites is 3. The van der Waals surface area contributed by atoms with Crippen molar-refractivity contribution in [1.29, 1.82) is 0 Å². The van der Waals surface area contributed by atoms with E-state index in [1.165, 1.54) is 43.4 Å². The Balaban J connectivity index is 1.88. The van der Waals surface area contributed by atoms with E-state index in [0.29, 0.717) is 0 Å². The molecule has 0 saturated heterocycles. The van der Waals surface area contributed by atoms with E-state index in [-0.39, 0.29) is 0 Å². The van der Waals surface area contributed by atoms with Crippen LogP contribution in [-0.2, 0) is 0 Å². The van der Waals surface area contributed by atoms with Crippen LogP contribution >= 0.6 is 0 Å². The predicted octanol–water partition coefficient (Wildman–Crippen LogP) is 7.84. The van der Waals surface area contributed by atoms with Crippen molar-refractivity contribution in [2.75, 3.05) is 0 Å². The normalized spacial score (nSPS) is 12.0. The van der Waals surface area contributed by atoms with Gasteiger partial charge in [-0.05, 0) is 29.7 Å². The maximum absolute atomic E-state index is 6.52. The van der Waals surface area contributed by atoms with Crippen molar-refractivity contribution in [2.45, 2.75) is 0 Å². The van der Waals surface area contributed by atoms with Crippen LogP contribution in [0, 0.1) is 0 Å². The van der Waals surface area contributed by atoms with E-state index in [1.54, 1.807) is 0 Å². The molecule has 7 aromatic rings.